The van der Waals surface area contributed by atoms with Gasteiger partial charge in [-0.15, -0.1) is 0 Å². The summed E-state index contributed by atoms with van der Waals surface area (Å²) in [6.45, 7) is 0.917. The lowest BCUT2D eigenvalue weighted by Gasteiger charge is -2.45. The van der Waals surface area contributed by atoms with Crippen molar-refractivity contribution in [1.82, 2.24) is 4.90 Å². The summed E-state index contributed by atoms with van der Waals surface area (Å²) in [7, 11) is -2.93. The lowest BCUT2D eigenvalue weighted by atomic mass is 9.73. The number of rotatable bonds is 1. The molecule has 0 bridgehead atoms. The van der Waals surface area contributed by atoms with E-state index in [-0.39, 0.29) is 29.2 Å². The molecule has 4 nitrogen and oxygen atoms in total. The van der Waals surface area contributed by atoms with Crippen molar-refractivity contribution in [3.8, 4) is 0 Å². The van der Waals surface area contributed by atoms with Crippen LogP contribution in [0.3, 0.4) is 0 Å². The molecule has 2 saturated heterocycles. The Hall–Kier alpha value is -0.790. The van der Waals surface area contributed by atoms with Gasteiger partial charge < -0.3 is 4.90 Å². The van der Waals surface area contributed by atoms with Crippen molar-refractivity contribution < 1.29 is 26.4 Å². The van der Waals surface area contributed by atoms with E-state index in [0.717, 1.165) is 0 Å². The van der Waals surface area contributed by atoms with E-state index in [4.69, 9.17) is 0 Å². The third-order valence-electron chi connectivity index (χ3n) is 6.53. The maximum absolute atomic E-state index is 13.2. The number of carbonyl (C=O) groups is 1. The number of piperidine rings is 1. The van der Waals surface area contributed by atoms with E-state index in [2.05, 4.69) is 0 Å². The largest absolute Gasteiger partial charge is 0.392 e. The lowest BCUT2D eigenvalue weighted by molar-refractivity contribution is -0.201. The molecule has 1 spiro atoms. The normalized spacial score (nSPS) is 32.5. The average Bonchev–Trinajstić information content (AvgIpc) is 2.57. The molecule has 0 aromatic rings. The van der Waals surface area contributed by atoms with Gasteiger partial charge in [-0.1, -0.05) is 12.8 Å². The van der Waals surface area contributed by atoms with Crippen LogP contribution in [0.25, 0.3) is 0 Å². The van der Waals surface area contributed by atoms with Crippen molar-refractivity contribution in [2.24, 2.45) is 17.3 Å². The molecule has 3 aliphatic rings. The van der Waals surface area contributed by atoms with E-state index in [9.17, 15) is 26.4 Å². The van der Waals surface area contributed by atoms with E-state index < -0.39 is 27.8 Å². The number of likely N-dealkylation sites (tertiary alicyclic amines) is 1. The van der Waals surface area contributed by atoms with E-state index in [1.54, 1.807) is 4.90 Å². The topological polar surface area (TPSA) is 54.5 Å². The predicted octanol–water partition coefficient (Wildman–Crippen LogP) is 3.17. The fourth-order valence-corrected chi connectivity index (χ4v) is 6.42. The van der Waals surface area contributed by atoms with Crippen molar-refractivity contribution >= 4 is 15.7 Å². The summed E-state index contributed by atoms with van der Waals surface area (Å²) >= 11 is 0. The van der Waals surface area contributed by atoms with Crippen LogP contribution in [0.5, 0.6) is 0 Å². The quantitative estimate of drug-likeness (QED) is 0.701. The molecule has 1 saturated carbocycles. The van der Waals surface area contributed by atoms with Crippen molar-refractivity contribution in [1.29, 1.82) is 0 Å². The van der Waals surface area contributed by atoms with Gasteiger partial charge in [-0.25, -0.2) is 8.42 Å². The van der Waals surface area contributed by atoms with Gasteiger partial charge in [0.2, 0.25) is 5.91 Å². The summed E-state index contributed by atoms with van der Waals surface area (Å²) in [5.41, 5.74) is -0.0436. The summed E-state index contributed by atoms with van der Waals surface area (Å²) in [5, 5.41) is 0. The first kappa shape index (κ1) is 19.0. The van der Waals surface area contributed by atoms with Crippen LogP contribution < -0.4 is 0 Å². The molecular weight excluding hydrogens is 355 g/mol. The summed E-state index contributed by atoms with van der Waals surface area (Å²) in [6.07, 6.45) is -0.0780. The highest BCUT2D eigenvalue weighted by atomic mass is 32.2. The standard InChI is InChI=1S/C17H26F3NO3S/c18-17(19,20)14-4-2-1-3-13(14)15(22)21-9-5-16(6-10-21)7-11-25(23,24)12-8-16/h13-14H,1-12H2/t13-,14-/m1/s1. The second-order valence-corrected chi connectivity index (χ2v) is 10.3. The SMILES string of the molecule is O=C([C@@H]1CCCC[C@H]1C(F)(F)F)N1CCC2(CC1)CCS(=O)(=O)CC2. The van der Waals surface area contributed by atoms with Crippen LogP contribution in [0.4, 0.5) is 13.2 Å². The molecule has 0 aromatic carbocycles. The number of halogens is 3. The zero-order chi connectivity index (χ0) is 18.3. The van der Waals surface area contributed by atoms with Gasteiger partial charge >= 0.3 is 6.18 Å². The number of amides is 1. The second kappa shape index (κ2) is 6.74. The van der Waals surface area contributed by atoms with Gasteiger partial charge in [0.25, 0.3) is 0 Å². The fourth-order valence-electron chi connectivity index (χ4n) is 4.73. The van der Waals surface area contributed by atoms with E-state index in [1.165, 1.54) is 0 Å². The Morgan fingerprint density at radius 3 is 2.08 bits per heavy atom. The van der Waals surface area contributed by atoms with Gasteiger partial charge in [0.1, 0.15) is 9.84 Å². The molecule has 2 aliphatic heterocycles. The first-order valence-electron chi connectivity index (χ1n) is 9.18. The van der Waals surface area contributed by atoms with Gasteiger partial charge in [-0.3, -0.25) is 4.79 Å². The van der Waals surface area contributed by atoms with Gasteiger partial charge in [-0.05, 0) is 43.9 Å². The molecule has 144 valence electrons. The van der Waals surface area contributed by atoms with Crippen LogP contribution in [0.1, 0.15) is 51.4 Å². The van der Waals surface area contributed by atoms with Crippen LogP contribution in [-0.4, -0.2) is 50.0 Å². The molecule has 0 N–H and O–H groups in total. The Balaban J connectivity index is 1.61. The highest BCUT2D eigenvalue weighted by Crippen LogP contribution is 2.45. The van der Waals surface area contributed by atoms with Crippen molar-refractivity contribution in [2.45, 2.75) is 57.5 Å². The van der Waals surface area contributed by atoms with Crippen molar-refractivity contribution in [2.75, 3.05) is 24.6 Å². The fraction of sp³-hybridized carbons (Fsp3) is 0.941. The Morgan fingerprint density at radius 2 is 1.52 bits per heavy atom. The zero-order valence-corrected chi connectivity index (χ0v) is 15.2. The first-order chi connectivity index (χ1) is 11.6. The number of alkyl halides is 3. The molecule has 0 unspecified atom stereocenters. The Labute approximate surface area is 147 Å². The van der Waals surface area contributed by atoms with Crippen molar-refractivity contribution in [3.63, 3.8) is 0 Å². The smallest absolute Gasteiger partial charge is 0.342 e. The number of hydrogen-bond donors (Lipinski definition) is 0. The summed E-state index contributed by atoms with van der Waals surface area (Å²) in [4.78, 5) is 14.3. The monoisotopic (exact) mass is 381 g/mol. The molecule has 8 heteroatoms. The highest BCUT2D eigenvalue weighted by molar-refractivity contribution is 7.91. The third kappa shape index (κ3) is 4.14. The summed E-state index contributed by atoms with van der Waals surface area (Å²) < 4.78 is 63.0. The molecule has 3 rings (SSSR count). The number of carbonyl (C=O) groups excluding carboxylic acids is 1. The molecular formula is C17H26F3NO3S. The average molecular weight is 381 g/mol. The maximum Gasteiger partial charge on any atom is 0.392 e. The molecule has 3 fully saturated rings. The van der Waals surface area contributed by atoms with Gasteiger partial charge in [0.15, 0.2) is 0 Å². The Kier molecular flexibility index (Phi) is 5.12. The molecule has 25 heavy (non-hydrogen) atoms. The number of nitrogens with zero attached hydrogens (tertiary/aromatic N) is 1. The van der Waals surface area contributed by atoms with Crippen LogP contribution >= 0.6 is 0 Å². The molecule has 0 aromatic heterocycles. The van der Waals surface area contributed by atoms with Gasteiger partial charge in [0.05, 0.1) is 17.4 Å². The minimum Gasteiger partial charge on any atom is -0.342 e. The minimum atomic E-state index is -4.31. The third-order valence-corrected chi connectivity index (χ3v) is 8.18. The maximum atomic E-state index is 13.2. The van der Waals surface area contributed by atoms with Crippen LogP contribution in [-0.2, 0) is 14.6 Å². The number of sulfone groups is 1. The lowest BCUT2D eigenvalue weighted by Crippen LogP contribution is -2.50. The Morgan fingerprint density at radius 1 is 0.960 bits per heavy atom. The second-order valence-electron chi connectivity index (χ2n) is 8.02. The minimum absolute atomic E-state index is 0.0436. The number of hydrogen-bond acceptors (Lipinski definition) is 3. The van der Waals surface area contributed by atoms with E-state index >= 15 is 0 Å². The van der Waals surface area contributed by atoms with E-state index in [0.29, 0.717) is 58.0 Å². The zero-order valence-electron chi connectivity index (χ0n) is 14.4. The molecule has 1 amide bonds. The van der Waals surface area contributed by atoms with Crippen molar-refractivity contribution in [3.05, 3.63) is 0 Å². The molecule has 2 atom stereocenters. The Bertz CT molecular complexity index is 593. The molecule has 2 heterocycles. The van der Waals surface area contributed by atoms with Crippen LogP contribution in [0.2, 0.25) is 0 Å². The molecule has 0 radical (unpaired) electrons. The summed E-state index contributed by atoms with van der Waals surface area (Å²) in [6, 6.07) is 0. The molecule has 1 aliphatic carbocycles. The van der Waals surface area contributed by atoms with Crippen LogP contribution in [0.15, 0.2) is 0 Å². The van der Waals surface area contributed by atoms with Gasteiger partial charge in [-0.2, -0.15) is 13.2 Å². The first-order valence-corrected chi connectivity index (χ1v) is 11.0. The van der Waals surface area contributed by atoms with Crippen LogP contribution in [0, 0.1) is 17.3 Å². The van der Waals surface area contributed by atoms with Gasteiger partial charge in [0, 0.05) is 19.0 Å². The highest BCUT2D eigenvalue weighted by Gasteiger charge is 2.50. The predicted molar refractivity (Wildman–Crippen MR) is 87.6 cm³/mol. The van der Waals surface area contributed by atoms with E-state index in [1.807, 2.05) is 0 Å². The summed E-state index contributed by atoms with van der Waals surface area (Å²) in [5.74, 6) is -2.40.